The number of amides is 1. The standard InChI is InChI=1S/C16H22N2O2/c1-4-8-15(9-6-7-14-19)10-11-16(20)18(5-2)13-12-17-3/h4-8,10-12,19H,1-2,9,13-14H2,3H3/b7-6-,11-10+,15-8+,17-12?. The van der Waals surface area contributed by atoms with Crippen LogP contribution in [0.5, 0.6) is 0 Å². The molecule has 0 aromatic rings. The topological polar surface area (TPSA) is 52.9 Å². The Morgan fingerprint density at radius 3 is 2.60 bits per heavy atom. The molecule has 0 aliphatic carbocycles. The highest BCUT2D eigenvalue weighted by Crippen LogP contribution is 2.06. The van der Waals surface area contributed by atoms with Crippen LogP contribution in [0.3, 0.4) is 0 Å². The predicted molar refractivity (Wildman–Crippen MR) is 84.6 cm³/mol. The normalized spacial score (nSPS) is 12.4. The molecule has 0 aromatic carbocycles. The van der Waals surface area contributed by atoms with E-state index in [-0.39, 0.29) is 12.5 Å². The summed E-state index contributed by atoms with van der Waals surface area (Å²) in [6.07, 6.45) is 13.9. The van der Waals surface area contributed by atoms with E-state index < -0.39 is 0 Å². The number of aliphatic hydroxyl groups excluding tert-OH is 1. The minimum Gasteiger partial charge on any atom is -0.392 e. The number of aliphatic imine (C=N–C) groups is 1. The number of nitrogens with zero attached hydrogens (tertiary/aromatic N) is 2. The second kappa shape index (κ2) is 11.9. The molecule has 20 heavy (non-hydrogen) atoms. The molecule has 0 radical (unpaired) electrons. The van der Waals surface area contributed by atoms with Gasteiger partial charge in [-0.15, -0.1) is 0 Å². The van der Waals surface area contributed by atoms with E-state index >= 15 is 0 Å². The van der Waals surface area contributed by atoms with Crippen molar-refractivity contribution in [1.82, 2.24) is 4.90 Å². The van der Waals surface area contributed by atoms with Crippen molar-refractivity contribution in [2.24, 2.45) is 4.99 Å². The smallest absolute Gasteiger partial charge is 0.250 e. The lowest BCUT2D eigenvalue weighted by molar-refractivity contribution is -0.122. The van der Waals surface area contributed by atoms with Crippen LogP contribution < -0.4 is 0 Å². The van der Waals surface area contributed by atoms with Crippen molar-refractivity contribution in [2.45, 2.75) is 6.42 Å². The third kappa shape index (κ3) is 8.00. The lowest BCUT2D eigenvalue weighted by Crippen LogP contribution is -2.25. The zero-order valence-electron chi connectivity index (χ0n) is 11.9. The van der Waals surface area contributed by atoms with Crippen LogP contribution >= 0.6 is 0 Å². The van der Waals surface area contributed by atoms with Gasteiger partial charge in [-0.05, 0) is 12.0 Å². The Labute approximate surface area is 120 Å². The summed E-state index contributed by atoms with van der Waals surface area (Å²) in [7, 11) is 1.65. The van der Waals surface area contributed by atoms with Crippen molar-refractivity contribution in [3.05, 3.63) is 61.4 Å². The molecule has 0 heterocycles. The van der Waals surface area contributed by atoms with Crippen LogP contribution in [-0.4, -0.2) is 42.3 Å². The van der Waals surface area contributed by atoms with Crippen molar-refractivity contribution in [3.63, 3.8) is 0 Å². The maximum atomic E-state index is 11.9. The lowest BCUT2D eigenvalue weighted by Gasteiger charge is -2.12. The third-order valence-corrected chi connectivity index (χ3v) is 2.36. The maximum Gasteiger partial charge on any atom is 0.250 e. The summed E-state index contributed by atoms with van der Waals surface area (Å²) in [5.41, 5.74) is 0.922. The lowest BCUT2D eigenvalue weighted by atomic mass is 10.1. The molecule has 0 bridgehead atoms. The number of aliphatic hydroxyl groups is 1. The van der Waals surface area contributed by atoms with Crippen molar-refractivity contribution >= 4 is 12.1 Å². The summed E-state index contributed by atoms with van der Waals surface area (Å²) in [5, 5.41) is 8.69. The van der Waals surface area contributed by atoms with E-state index in [1.54, 1.807) is 31.5 Å². The van der Waals surface area contributed by atoms with Crippen LogP contribution in [0.15, 0.2) is 66.4 Å². The SMILES string of the molecule is C=C/C=C(/C=C/C(=O)N(C=C)CC=NC)C/C=C\CO. The van der Waals surface area contributed by atoms with Gasteiger partial charge in [0.1, 0.15) is 0 Å². The van der Waals surface area contributed by atoms with Crippen LogP contribution in [0.25, 0.3) is 0 Å². The van der Waals surface area contributed by atoms with E-state index in [2.05, 4.69) is 18.2 Å². The van der Waals surface area contributed by atoms with Gasteiger partial charge in [0.2, 0.25) is 0 Å². The number of carbonyl (C=O) groups excluding carboxylic acids is 1. The van der Waals surface area contributed by atoms with E-state index in [4.69, 9.17) is 5.11 Å². The molecule has 0 rings (SSSR count). The molecule has 1 N–H and O–H groups in total. The Bertz CT molecular complexity index is 432. The minimum atomic E-state index is -0.166. The highest BCUT2D eigenvalue weighted by Gasteiger charge is 2.04. The second-order valence-corrected chi connectivity index (χ2v) is 3.78. The average Bonchev–Trinajstić information content (AvgIpc) is 2.45. The molecule has 0 aromatic heterocycles. The largest absolute Gasteiger partial charge is 0.392 e. The monoisotopic (exact) mass is 274 g/mol. The van der Waals surface area contributed by atoms with Crippen molar-refractivity contribution in [3.8, 4) is 0 Å². The first-order valence-corrected chi connectivity index (χ1v) is 6.28. The molecule has 4 nitrogen and oxygen atoms in total. The van der Waals surface area contributed by atoms with E-state index in [1.807, 2.05) is 12.2 Å². The zero-order chi connectivity index (χ0) is 15.2. The van der Waals surface area contributed by atoms with Gasteiger partial charge in [-0.2, -0.15) is 0 Å². The summed E-state index contributed by atoms with van der Waals surface area (Å²) in [4.78, 5) is 17.2. The van der Waals surface area contributed by atoms with Gasteiger partial charge in [-0.3, -0.25) is 9.79 Å². The van der Waals surface area contributed by atoms with E-state index in [9.17, 15) is 4.79 Å². The van der Waals surface area contributed by atoms with Gasteiger partial charge >= 0.3 is 0 Å². The molecule has 0 fully saturated rings. The number of hydrogen-bond donors (Lipinski definition) is 1. The maximum absolute atomic E-state index is 11.9. The van der Waals surface area contributed by atoms with E-state index in [0.717, 1.165) is 5.57 Å². The highest BCUT2D eigenvalue weighted by atomic mass is 16.2. The quantitative estimate of drug-likeness (QED) is 0.303. The first-order valence-electron chi connectivity index (χ1n) is 6.28. The van der Waals surface area contributed by atoms with Crippen LogP contribution in [0.1, 0.15) is 6.42 Å². The Morgan fingerprint density at radius 2 is 2.05 bits per heavy atom. The molecule has 0 aliphatic rings. The fourth-order valence-electron chi connectivity index (χ4n) is 1.34. The summed E-state index contributed by atoms with van der Waals surface area (Å²) in [6.45, 7) is 7.64. The second-order valence-electron chi connectivity index (χ2n) is 3.78. The number of allylic oxidation sites excluding steroid dienone is 5. The van der Waals surface area contributed by atoms with Gasteiger partial charge in [0, 0.05) is 25.5 Å². The van der Waals surface area contributed by atoms with Crippen molar-refractivity contribution in [1.29, 1.82) is 0 Å². The van der Waals surface area contributed by atoms with Gasteiger partial charge in [-0.25, -0.2) is 0 Å². The van der Waals surface area contributed by atoms with Gasteiger partial charge in [-0.1, -0.05) is 43.5 Å². The molecule has 0 atom stereocenters. The Balaban J connectivity index is 4.71. The fraction of sp³-hybridized carbons (Fsp3) is 0.250. The summed E-state index contributed by atoms with van der Waals surface area (Å²) < 4.78 is 0. The number of hydrogen-bond acceptors (Lipinski definition) is 3. The van der Waals surface area contributed by atoms with Crippen LogP contribution in [-0.2, 0) is 4.79 Å². The Kier molecular flexibility index (Phi) is 10.6. The van der Waals surface area contributed by atoms with E-state index in [0.29, 0.717) is 13.0 Å². The van der Waals surface area contributed by atoms with E-state index in [1.165, 1.54) is 17.2 Å². The van der Waals surface area contributed by atoms with Crippen LogP contribution in [0.2, 0.25) is 0 Å². The molecule has 0 saturated carbocycles. The van der Waals surface area contributed by atoms with Crippen molar-refractivity contribution < 1.29 is 9.90 Å². The fourth-order valence-corrected chi connectivity index (χ4v) is 1.34. The Morgan fingerprint density at radius 1 is 1.30 bits per heavy atom. The molecule has 0 unspecified atom stereocenters. The number of rotatable bonds is 9. The highest BCUT2D eigenvalue weighted by molar-refractivity contribution is 5.90. The van der Waals surface area contributed by atoms with Crippen molar-refractivity contribution in [2.75, 3.05) is 20.2 Å². The first kappa shape index (κ1) is 17.8. The number of carbonyl (C=O) groups is 1. The molecule has 0 aliphatic heterocycles. The van der Waals surface area contributed by atoms with Crippen LogP contribution in [0, 0.1) is 0 Å². The predicted octanol–water partition coefficient (Wildman–Crippen LogP) is 2.27. The summed E-state index contributed by atoms with van der Waals surface area (Å²) >= 11 is 0. The molecule has 1 amide bonds. The molecule has 4 heteroatoms. The van der Waals surface area contributed by atoms with Gasteiger partial charge in [0.15, 0.2) is 0 Å². The minimum absolute atomic E-state index is 0.00457. The summed E-state index contributed by atoms with van der Waals surface area (Å²) in [6, 6.07) is 0. The Hall–Kier alpha value is -2.20. The summed E-state index contributed by atoms with van der Waals surface area (Å²) in [5.74, 6) is -0.166. The van der Waals surface area contributed by atoms with Gasteiger partial charge in [0.05, 0.1) is 13.2 Å². The van der Waals surface area contributed by atoms with Crippen LogP contribution in [0.4, 0.5) is 0 Å². The third-order valence-electron chi connectivity index (χ3n) is 2.36. The first-order chi connectivity index (χ1) is 9.69. The molecule has 0 spiro atoms. The molecular weight excluding hydrogens is 252 g/mol. The molecular formula is C16H22N2O2. The van der Waals surface area contributed by atoms with Gasteiger partial charge < -0.3 is 10.0 Å². The molecule has 108 valence electrons. The zero-order valence-corrected chi connectivity index (χ0v) is 11.9. The molecule has 0 saturated heterocycles. The average molecular weight is 274 g/mol. The van der Waals surface area contributed by atoms with Gasteiger partial charge in [0.25, 0.3) is 5.91 Å².